The van der Waals surface area contributed by atoms with E-state index in [2.05, 4.69) is 9.37 Å². The molecule has 6 N–H and O–H groups in total. The van der Waals surface area contributed by atoms with Gasteiger partial charge in [0.2, 0.25) is 0 Å². The van der Waals surface area contributed by atoms with Crippen molar-refractivity contribution in [3.63, 3.8) is 0 Å². The molecule has 0 atom stereocenters. The third-order valence-corrected chi connectivity index (χ3v) is 7.32. The largest absolute Gasteiger partial charge is 1.00 e. The number of allylic oxidation sites excluding steroid dienone is 5. The van der Waals surface area contributed by atoms with E-state index in [9.17, 15) is 31.2 Å². The number of nitrogen functional groups attached to an aromatic ring is 2. The molecule has 0 bridgehead atoms. The van der Waals surface area contributed by atoms with Crippen molar-refractivity contribution >= 4 is 54.9 Å². The van der Waals surface area contributed by atoms with Crippen LogP contribution in [0.4, 0.5) is 11.4 Å². The van der Waals surface area contributed by atoms with Crippen LogP contribution in [-0.4, -0.2) is 31.7 Å². The van der Waals surface area contributed by atoms with Crippen LogP contribution in [0, 0.1) is 5.41 Å². The van der Waals surface area contributed by atoms with Crippen LogP contribution in [0.2, 0.25) is 0 Å². The molecule has 0 saturated heterocycles. The smallest absolute Gasteiger partial charge is 0.744 e. The van der Waals surface area contributed by atoms with Gasteiger partial charge in [-0.1, -0.05) is 12.1 Å². The van der Waals surface area contributed by atoms with Crippen molar-refractivity contribution in [1.29, 1.82) is 5.41 Å². The maximum atomic E-state index is 11.8. The number of benzene rings is 2. The first kappa shape index (κ1) is 34.0. The van der Waals surface area contributed by atoms with Crippen LogP contribution in [0.25, 0.3) is 5.57 Å². The Hall–Kier alpha value is -1.02. The predicted octanol–water partition coefficient (Wildman–Crippen LogP) is -4.45. The molecular weight excluding hydrogens is 568 g/mol. The number of anilines is 2. The van der Waals surface area contributed by atoms with Crippen LogP contribution in [0.5, 0.6) is 0 Å². The summed E-state index contributed by atoms with van der Waals surface area (Å²) in [6.45, 7) is 1.43. The first-order valence-electron chi connectivity index (χ1n) is 9.34. The van der Waals surface area contributed by atoms with E-state index in [1.807, 2.05) is 0 Å². The maximum absolute atomic E-state index is 11.8. The van der Waals surface area contributed by atoms with Gasteiger partial charge < -0.3 is 21.3 Å². The normalized spacial score (nSPS) is 15.2. The summed E-state index contributed by atoms with van der Waals surface area (Å²) >= 11 is 0.487. The van der Waals surface area contributed by atoms with Crippen LogP contribution in [0.1, 0.15) is 18.1 Å². The topological polar surface area (TPSA) is 229 Å². The molecule has 0 unspecified atom stereocenters. The molecular formula is C20H17N3Na2O9S3. The summed E-state index contributed by atoms with van der Waals surface area (Å²) in [6, 6.07) is 8.07. The Bertz CT molecular complexity index is 1540. The summed E-state index contributed by atoms with van der Waals surface area (Å²) in [5, 5.41) is 21.6. The molecule has 1 aliphatic rings. The molecule has 0 aromatic heterocycles. The number of nitrogens with two attached hydrogens (primary N) is 2. The van der Waals surface area contributed by atoms with Crippen molar-refractivity contribution in [1.82, 2.24) is 0 Å². The third kappa shape index (κ3) is 8.00. The molecule has 0 heterocycles. The zero-order valence-electron chi connectivity index (χ0n) is 19.7. The molecule has 12 nitrogen and oxygen atoms in total. The van der Waals surface area contributed by atoms with Crippen molar-refractivity contribution in [2.75, 3.05) is 11.5 Å². The molecule has 0 amide bonds. The molecule has 0 radical (unpaired) electrons. The summed E-state index contributed by atoms with van der Waals surface area (Å²) in [6.07, 6.45) is 2.41. The van der Waals surface area contributed by atoms with Crippen LogP contribution < -0.4 is 75.8 Å². The average Bonchev–Trinajstić information content (AvgIpc) is 2.75. The molecule has 186 valence electrons. The van der Waals surface area contributed by atoms with E-state index in [4.69, 9.17) is 16.9 Å². The monoisotopic (exact) mass is 585 g/mol. The summed E-state index contributed by atoms with van der Waals surface area (Å²) in [5.41, 5.74) is 12.0. The molecule has 0 aliphatic heterocycles. The Balaban J connectivity index is 0.00000342. The quantitative estimate of drug-likeness (QED) is 0.0602. The van der Waals surface area contributed by atoms with Gasteiger partial charge in [0.05, 0.1) is 33.2 Å². The van der Waals surface area contributed by atoms with Gasteiger partial charge >= 0.3 is 59.1 Å². The minimum Gasteiger partial charge on any atom is -0.744 e. The SMILES string of the molecule is CC1=C/C(=C(/c2ccc(N)c(SOO[O-])c2)c2ccc(N)c(S(=O)(=O)O)c2)C=C(S(=O)(=O)[O-])C1=N.[Na+].[Na+]. The van der Waals surface area contributed by atoms with Crippen molar-refractivity contribution < 1.29 is 99.7 Å². The molecule has 0 saturated carbocycles. The fourth-order valence-electron chi connectivity index (χ4n) is 3.32. The van der Waals surface area contributed by atoms with Gasteiger partial charge in [0.15, 0.2) is 0 Å². The molecule has 37 heavy (non-hydrogen) atoms. The third-order valence-electron chi connectivity index (χ3n) is 4.89. The Labute approximate surface area is 261 Å². The zero-order valence-corrected chi connectivity index (χ0v) is 26.2. The number of hydrogen-bond acceptors (Lipinski definition) is 12. The van der Waals surface area contributed by atoms with Crippen LogP contribution in [0.15, 0.2) is 74.4 Å². The zero-order chi connectivity index (χ0) is 26.1. The van der Waals surface area contributed by atoms with Crippen molar-refractivity contribution in [2.45, 2.75) is 16.7 Å². The van der Waals surface area contributed by atoms with Gasteiger partial charge in [0.1, 0.15) is 15.0 Å². The van der Waals surface area contributed by atoms with E-state index < -0.39 is 35.7 Å². The molecule has 17 heteroatoms. The van der Waals surface area contributed by atoms with Gasteiger partial charge in [-0.2, -0.15) is 12.8 Å². The van der Waals surface area contributed by atoms with Crippen molar-refractivity contribution in [3.05, 3.63) is 75.7 Å². The van der Waals surface area contributed by atoms with Crippen LogP contribution in [-0.2, 0) is 29.6 Å². The number of hydrogen-bond donors (Lipinski definition) is 4. The Kier molecular flexibility index (Phi) is 12.3. The molecule has 0 spiro atoms. The summed E-state index contributed by atoms with van der Waals surface area (Å²) in [5.74, 6) is 0. The Morgan fingerprint density at radius 1 is 1.00 bits per heavy atom. The molecule has 1 aliphatic carbocycles. The molecule has 2 aromatic carbocycles. The van der Waals surface area contributed by atoms with Crippen LogP contribution in [0.3, 0.4) is 0 Å². The van der Waals surface area contributed by atoms with E-state index in [0.717, 1.165) is 12.1 Å². The summed E-state index contributed by atoms with van der Waals surface area (Å²) in [7, 11) is -9.78. The van der Waals surface area contributed by atoms with E-state index in [-0.39, 0.29) is 97.7 Å². The van der Waals surface area contributed by atoms with Gasteiger partial charge in [-0.15, -0.1) is 0 Å². The minimum absolute atomic E-state index is 0. The van der Waals surface area contributed by atoms with E-state index >= 15 is 0 Å². The first-order chi connectivity index (χ1) is 16.2. The minimum atomic E-state index is -5.04. The summed E-state index contributed by atoms with van der Waals surface area (Å²) in [4.78, 5) is -1.18. The van der Waals surface area contributed by atoms with E-state index in [1.165, 1.54) is 43.3 Å². The summed E-state index contributed by atoms with van der Waals surface area (Å²) < 4.78 is 73.0. The number of nitrogens with one attached hydrogen (secondary N) is 1. The second-order valence-corrected chi connectivity index (χ2v) is 10.7. The van der Waals surface area contributed by atoms with Crippen molar-refractivity contribution in [3.8, 4) is 0 Å². The van der Waals surface area contributed by atoms with Gasteiger partial charge in [-0.3, -0.25) is 15.0 Å². The Morgan fingerprint density at radius 3 is 2.11 bits per heavy atom. The second kappa shape index (κ2) is 13.4. The predicted molar refractivity (Wildman–Crippen MR) is 125 cm³/mol. The first-order valence-corrected chi connectivity index (χ1v) is 12.9. The fourth-order valence-corrected chi connectivity index (χ4v) is 5.09. The molecule has 2 aromatic rings. The van der Waals surface area contributed by atoms with Gasteiger partial charge in [0.25, 0.3) is 10.1 Å². The maximum Gasteiger partial charge on any atom is 1.00 e. The molecule has 0 fully saturated rings. The van der Waals surface area contributed by atoms with Gasteiger partial charge in [-0.05, 0) is 71.2 Å². The van der Waals surface area contributed by atoms with E-state index in [0.29, 0.717) is 17.6 Å². The van der Waals surface area contributed by atoms with Crippen LogP contribution >= 0.6 is 12.0 Å². The van der Waals surface area contributed by atoms with Gasteiger partial charge in [-0.25, -0.2) is 8.42 Å². The molecule has 3 rings (SSSR count). The fraction of sp³-hybridized carbons (Fsp3) is 0.0500. The van der Waals surface area contributed by atoms with Gasteiger partial charge in [0, 0.05) is 5.69 Å². The standard InChI is InChI=1S/C20H19N3O9S3.2Na/c1-10-6-13(9-18(20(10)23)35(28,29)30)19(11-2-4-14(21)16(7-11)33-32-31-24)12-3-5-15(22)17(8-12)34(25,26)27;;/h2-9,23-24H,21-22H2,1H3,(H,25,26,27)(H,28,29,30);;/q;2*+1/p-2/b19-13+,23-20?;;. The van der Waals surface area contributed by atoms with E-state index in [1.54, 1.807) is 0 Å². The average molecular weight is 586 g/mol. The second-order valence-electron chi connectivity index (χ2n) is 7.20. The van der Waals surface area contributed by atoms with Crippen molar-refractivity contribution in [2.24, 2.45) is 0 Å². The number of rotatable bonds is 7. The Morgan fingerprint density at radius 2 is 1.57 bits per heavy atom.